The smallest absolute Gasteiger partial charge is 0.309 e. The molecule has 0 spiro atoms. The number of aromatic nitrogens is 3. The molecule has 3 aromatic heterocycles. The highest BCUT2D eigenvalue weighted by Crippen LogP contribution is 2.39. The summed E-state index contributed by atoms with van der Waals surface area (Å²) < 4.78 is 39.3. The number of thiazole rings is 2. The van der Waals surface area contributed by atoms with E-state index in [-0.39, 0.29) is 29.4 Å². The van der Waals surface area contributed by atoms with E-state index in [4.69, 9.17) is 5.26 Å². The zero-order valence-electron chi connectivity index (χ0n) is 27.3. The van der Waals surface area contributed by atoms with Gasteiger partial charge in [0.1, 0.15) is 0 Å². The third-order valence-corrected chi connectivity index (χ3v) is 10.6. The molecule has 2 fully saturated rings. The Kier molecular flexibility index (Phi) is 11.1. The van der Waals surface area contributed by atoms with Crippen LogP contribution in [0.1, 0.15) is 11.5 Å². The van der Waals surface area contributed by atoms with Crippen molar-refractivity contribution in [2.75, 3.05) is 36.8 Å². The van der Waals surface area contributed by atoms with Crippen molar-refractivity contribution < 1.29 is 22.8 Å². The van der Waals surface area contributed by atoms with Crippen LogP contribution in [0.5, 0.6) is 0 Å². The highest BCUT2D eigenvalue weighted by atomic mass is 32.1. The van der Waals surface area contributed by atoms with Gasteiger partial charge in [0.15, 0.2) is 22.6 Å². The third kappa shape index (κ3) is 8.54. The molecule has 2 amide bonds. The Morgan fingerprint density at radius 3 is 1.73 bits per heavy atom. The van der Waals surface area contributed by atoms with Crippen molar-refractivity contribution in [3.63, 3.8) is 0 Å². The van der Waals surface area contributed by atoms with Crippen LogP contribution in [0.15, 0.2) is 97.6 Å². The normalized spacial score (nSPS) is 19.6. The van der Waals surface area contributed by atoms with Crippen LogP contribution in [-0.4, -0.2) is 68.9 Å². The van der Waals surface area contributed by atoms with Crippen molar-refractivity contribution in [2.24, 2.45) is 17.8 Å². The number of carbonyl (C=O) groups excluding carboxylic acids is 2. The fourth-order valence-electron chi connectivity index (χ4n) is 6.10. The Bertz CT molecular complexity index is 2070. The van der Waals surface area contributed by atoms with Crippen molar-refractivity contribution in [3.05, 3.63) is 103 Å². The lowest BCUT2D eigenvalue weighted by Gasteiger charge is -2.19. The van der Waals surface area contributed by atoms with Crippen molar-refractivity contribution in [1.82, 2.24) is 24.8 Å². The van der Waals surface area contributed by atoms with Gasteiger partial charge < -0.3 is 20.4 Å². The summed E-state index contributed by atoms with van der Waals surface area (Å²) in [6.45, 7) is 0.181. The summed E-state index contributed by atoms with van der Waals surface area (Å²) in [5, 5.41) is 24.3. The molecule has 4 atom stereocenters. The largest absolute Gasteiger partial charge is 0.394 e. The van der Waals surface area contributed by atoms with Crippen LogP contribution < -0.4 is 10.6 Å². The van der Waals surface area contributed by atoms with Gasteiger partial charge >= 0.3 is 6.18 Å². The Balaban J connectivity index is 0.000000179. The zero-order valence-corrected chi connectivity index (χ0v) is 28.9. The van der Waals surface area contributed by atoms with E-state index >= 15 is 0 Å². The molecule has 5 heterocycles. The van der Waals surface area contributed by atoms with E-state index in [9.17, 15) is 28.0 Å². The molecule has 2 N–H and O–H groups in total. The fraction of sp³-hybridized carbons (Fsp3) is 0.250. The summed E-state index contributed by atoms with van der Waals surface area (Å²) in [6.07, 6.45) is 6.10. The molecule has 2 aliphatic rings. The highest BCUT2D eigenvalue weighted by Gasteiger charge is 2.52. The summed E-state index contributed by atoms with van der Waals surface area (Å²) in [6, 6.07) is 23.1. The van der Waals surface area contributed by atoms with E-state index in [1.807, 2.05) is 72.8 Å². The van der Waals surface area contributed by atoms with Crippen LogP contribution in [0, 0.1) is 40.7 Å². The molecule has 0 aliphatic carbocycles. The second kappa shape index (κ2) is 16.0. The van der Waals surface area contributed by atoms with Crippen LogP contribution in [0.2, 0.25) is 0 Å². The van der Waals surface area contributed by atoms with Crippen molar-refractivity contribution in [3.8, 4) is 33.3 Å². The van der Waals surface area contributed by atoms with Crippen LogP contribution in [0.25, 0.3) is 20.9 Å². The minimum atomic E-state index is -4.54. The van der Waals surface area contributed by atoms with Crippen LogP contribution >= 0.6 is 22.7 Å². The quantitative estimate of drug-likeness (QED) is 0.174. The number of hydrogen-bond donors (Lipinski definition) is 2. The standard InChI is InChI=1S/C20H17N5OS.C16H13F3N4OS/c21-13-25-11-16(15-7-4-8-22-9-15)17(12-25)19(26)24-20-23-10-18(27-20)14-5-2-1-3-6-14;17-16(18,19)12-8-23(9-20)7-11(12)14(24)22-15-21-6-13(25-15)10-4-2-1-3-5-10/h1-10,16-17H,11-12H2,(H,23,24,26);1-6,11-12H,7-8H2,(H,21,22,24)/t16-,17+;11-,12-/m01/s1. The van der Waals surface area contributed by atoms with E-state index in [1.54, 1.807) is 35.9 Å². The summed E-state index contributed by atoms with van der Waals surface area (Å²) >= 11 is 2.63. The second-order valence-corrected chi connectivity index (χ2v) is 14.1. The van der Waals surface area contributed by atoms with Gasteiger partial charge in [0, 0.05) is 56.9 Å². The summed E-state index contributed by atoms with van der Waals surface area (Å²) in [5.41, 5.74) is 2.95. The van der Waals surface area contributed by atoms with Crippen molar-refractivity contribution >= 4 is 44.8 Å². The first kappa shape index (κ1) is 36.0. The average Bonchev–Trinajstić information content (AvgIpc) is 3.99. The molecular formula is C36H30F3N9O2S2. The van der Waals surface area contributed by atoms with Crippen LogP contribution in [-0.2, 0) is 9.59 Å². The number of halogens is 3. The molecule has 5 aromatic rings. The fourth-order valence-corrected chi connectivity index (χ4v) is 7.75. The van der Waals surface area contributed by atoms with Gasteiger partial charge in [0.2, 0.25) is 11.8 Å². The number of pyridine rings is 1. The Morgan fingerprint density at radius 2 is 1.23 bits per heavy atom. The molecular weight excluding hydrogens is 712 g/mol. The number of nitrogens with one attached hydrogen (secondary N) is 2. The Hall–Kier alpha value is -5.84. The van der Waals surface area contributed by atoms with E-state index in [1.165, 1.54) is 22.7 Å². The van der Waals surface area contributed by atoms with Gasteiger partial charge in [-0.25, -0.2) is 9.97 Å². The predicted octanol–water partition coefficient (Wildman–Crippen LogP) is 6.68. The van der Waals surface area contributed by atoms with Crippen molar-refractivity contribution in [1.29, 1.82) is 10.5 Å². The van der Waals surface area contributed by atoms with E-state index < -0.39 is 30.5 Å². The molecule has 11 nitrogen and oxygen atoms in total. The summed E-state index contributed by atoms with van der Waals surface area (Å²) in [5.74, 6) is -4.46. The lowest BCUT2D eigenvalue weighted by molar-refractivity contribution is -0.181. The molecule has 52 heavy (non-hydrogen) atoms. The minimum absolute atomic E-state index is 0.0631. The number of nitrogens with zero attached hydrogens (tertiary/aromatic N) is 7. The Labute approximate surface area is 305 Å². The maximum absolute atomic E-state index is 13.1. The summed E-state index contributed by atoms with van der Waals surface area (Å²) in [4.78, 5) is 42.1. The van der Waals surface area contributed by atoms with Gasteiger partial charge in [-0.2, -0.15) is 23.7 Å². The molecule has 0 radical (unpaired) electrons. The number of anilines is 2. The number of alkyl halides is 3. The molecule has 0 unspecified atom stereocenters. The molecule has 2 saturated heterocycles. The van der Waals surface area contributed by atoms with Crippen LogP contribution in [0.4, 0.5) is 23.4 Å². The Morgan fingerprint density at radius 1 is 0.712 bits per heavy atom. The second-order valence-electron chi connectivity index (χ2n) is 12.0. The first-order valence-corrected chi connectivity index (χ1v) is 17.7. The number of benzene rings is 2. The molecule has 16 heteroatoms. The van der Waals surface area contributed by atoms with Crippen molar-refractivity contribution in [2.45, 2.75) is 12.1 Å². The number of hydrogen-bond acceptors (Lipinski definition) is 11. The molecule has 264 valence electrons. The number of nitriles is 2. The maximum Gasteiger partial charge on any atom is 0.394 e. The van der Waals surface area contributed by atoms with Gasteiger partial charge in [-0.1, -0.05) is 89.4 Å². The van der Waals surface area contributed by atoms with Gasteiger partial charge in [-0.05, 0) is 22.8 Å². The SMILES string of the molecule is N#CN1C[C@@H](C(=O)Nc2ncc(-c3ccccc3)s2)[C@H](c2cccnc2)C1.N#CN1C[C@@H](C(F)(F)F)[C@H](C(=O)Nc2ncc(-c3ccccc3)s2)C1. The average molecular weight is 742 g/mol. The van der Waals surface area contributed by atoms with E-state index in [0.29, 0.717) is 18.2 Å². The zero-order chi connectivity index (χ0) is 36.7. The van der Waals surface area contributed by atoms with E-state index in [2.05, 4.69) is 31.8 Å². The van der Waals surface area contributed by atoms with Crippen LogP contribution in [0.3, 0.4) is 0 Å². The monoisotopic (exact) mass is 741 g/mol. The van der Waals surface area contributed by atoms with E-state index in [0.717, 1.165) is 31.3 Å². The minimum Gasteiger partial charge on any atom is -0.309 e. The lowest BCUT2D eigenvalue weighted by atomic mass is 9.89. The lowest BCUT2D eigenvalue weighted by Crippen LogP contribution is -2.36. The number of rotatable bonds is 7. The highest BCUT2D eigenvalue weighted by molar-refractivity contribution is 7.19. The van der Waals surface area contributed by atoms with Gasteiger partial charge in [-0.15, -0.1) is 0 Å². The summed E-state index contributed by atoms with van der Waals surface area (Å²) in [7, 11) is 0. The maximum atomic E-state index is 13.1. The topological polar surface area (TPSA) is 151 Å². The molecule has 0 saturated carbocycles. The molecule has 2 aliphatic heterocycles. The van der Waals surface area contributed by atoms with Gasteiger partial charge in [-0.3, -0.25) is 14.6 Å². The molecule has 2 aromatic carbocycles. The molecule has 7 rings (SSSR count). The predicted molar refractivity (Wildman–Crippen MR) is 190 cm³/mol. The first-order valence-electron chi connectivity index (χ1n) is 16.0. The first-order chi connectivity index (χ1) is 25.1. The number of carbonyl (C=O) groups is 2. The number of likely N-dealkylation sites (tertiary alicyclic amines) is 2. The third-order valence-electron chi connectivity index (χ3n) is 8.72. The number of amides is 2. The molecule has 0 bridgehead atoms. The van der Waals surface area contributed by atoms with Gasteiger partial charge in [0.25, 0.3) is 0 Å². The van der Waals surface area contributed by atoms with Gasteiger partial charge in [0.05, 0.1) is 27.5 Å².